The second kappa shape index (κ2) is 9.15. The molecule has 0 aliphatic rings. The molecule has 0 aliphatic carbocycles. The van der Waals surface area contributed by atoms with Crippen LogP contribution in [-0.2, 0) is 12.8 Å². The number of benzene rings is 1. The van der Waals surface area contributed by atoms with Crippen molar-refractivity contribution in [3.8, 4) is 0 Å². The van der Waals surface area contributed by atoms with Crippen molar-refractivity contribution < 1.29 is 10.2 Å². The van der Waals surface area contributed by atoms with Gasteiger partial charge in [0, 0.05) is 6.42 Å². The number of hydrogen-bond donors (Lipinski definition) is 2. The Balaban J connectivity index is 2.21. The number of aryl methyl sites for hydroxylation is 2. The van der Waals surface area contributed by atoms with Gasteiger partial charge in [0.05, 0.1) is 0 Å². The van der Waals surface area contributed by atoms with E-state index >= 15 is 0 Å². The molecular weight excluding hydrogens is 248 g/mol. The molecular formula is C18H30O2. The summed E-state index contributed by atoms with van der Waals surface area (Å²) in [6, 6.07) is 8.57. The van der Waals surface area contributed by atoms with Crippen molar-refractivity contribution in [2.45, 2.75) is 77.4 Å². The highest BCUT2D eigenvalue weighted by atomic mass is 16.5. The maximum Gasteiger partial charge on any atom is 0.159 e. The van der Waals surface area contributed by atoms with Gasteiger partial charge in [0.25, 0.3) is 0 Å². The van der Waals surface area contributed by atoms with Crippen LogP contribution in [0.1, 0.15) is 69.9 Å². The van der Waals surface area contributed by atoms with Gasteiger partial charge in [-0.1, -0.05) is 63.3 Å². The molecule has 0 heterocycles. The molecule has 0 spiro atoms. The van der Waals surface area contributed by atoms with Crippen LogP contribution in [0.5, 0.6) is 0 Å². The van der Waals surface area contributed by atoms with Gasteiger partial charge in [-0.25, -0.2) is 0 Å². The molecule has 2 nitrogen and oxygen atoms in total. The monoisotopic (exact) mass is 278 g/mol. The molecule has 20 heavy (non-hydrogen) atoms. The van der Waals surface area contributed by atoms with Crippen LogP contribution in [0.3, 0.4) is 0 Å². The van der Waals surface area contributed by atoms with E-state index < -0.39 is 5.79 Å². The molecule has 1 aromatic carbocycles. The van der Waals surface area contributed by atoms with Crippen molar-refractivity contribution in [3.63, 3.8) is 0 Å². The summed E-state index contributed by atoms with van der Waals surface area (Å²) in [5.74, 6) is -1.56. The van der Waals surface area contributed by atoms with Crippen molar-refractivity contribution in [1.82, 2.24) is 0 Å². The summed E-state index contributed by atoms with van der Waals surface area (Å²) in [6.07, 6.45) is 10.2. The number of hydrogen-bond acceptors (Lipinski definition) is 2. The van der Waals surface area contributed by atoms with Crippen LogP contribution in [0.4, 0.5) is 0 Å². The number of aliphatic hydroxyl groups is 2. The van der Waals surface area contributed by atoms with Crippen molar-refractivity contribution in [1.29, 1.82) is 0 Å². The fourth-order valence-electron chi connectivity index (χ4n) is 2.36. The molecule has 0 amide bonds. The molecule has 0 atom stereocenters. The summed E-state index contributed by atoms with van der Waals surface area (Å²) < 4.78 is 0. The second-order valence-corrected chi connectivity index (χ2v) is 6.05. The molecule has 114 valence electrons. The topological polar surface area (TPSA) is 40.5 Å². The Morgan fingerprint density at radius 1 is 0.800 bits per heavy atom. The Morgan fingerprint density at radius 2 is 1.30 bits per heavy atom. The average molecular weight is 278 g/mol. The fourth-order valence-corrected chi connectivity index (χ4v) is 2.36. The van der Waals surface area contributed by atoms with Crippen molar-refractivity contribution in [2.75, 3.05) is 0 Å². The van der Waals surface area contributed by atoms with Gasteiger partial charge in [-0.05, 0) is 37.3 Å². The molecule has 0 unspecified atom stereocenters. The van der Waals surface area contributed by atoms with Crippen molar-refractivity contribution in [3.05, 3.63) is 35.4 Å². The third-order valence-electron chi connectivity index (χ3n) is 3.73. The first-order valence-electron chi connectivity index (χ1n) is 8.04. The molecule has 0 aromatic heterocycles. The van der Waals surface area contributed by atoms with Crippen LogP contribution < -0.4 is 0 Å². The Bertz CT molecular complexity index is 349. The third-order valence-corrected chi connectivity index (χ3v) is 3.73. The Kier molecular flexibility index (Phi) is 7.86. The highest BCUT2D eigenvalue weighted by Crippen LogP contribution is 2.14. The zero-order valence-electron chi connectivity index (χ0n) is 13.1. The normalized spacial score (nSPS) is 11.8. The van der Waals surface area contributed by atoms with E-state index in [2.05, 4.69) is 31.2 Å². The van der Waals surface area contributed by atoms with E-state index in [0.29, 0.717) is 12.8 Å². The predicted molar refractivity (Wildman–Crippen MR) is 84.7 cm³/mol. The molecule has 0 bridgehead atoms. The molecule has 0 fully saturated rings. The van der Waals surface area contributed by atoms with Crippen molar-refractivity contribution >= 4 is 0 Å². The standard InChI is InChI=1S/C18H30O2/c1-3-4-5-6-7-8-9-16-10-12-17(13-11-16)14-15-18(2,19)20/h10-13,19-20H,3-9,14-15H2,1-2H3. The van der Waals surface area contributed by atoms with Crippen LogP contribution in [0.15, 0.2) is 24.3 Å². The molecule has 0 aliphatic heterocycles. The summed E-state index contributed by atoms with van der Waals surface area (Å²) in [4.78, 5) is 0. The minimum Gasteiger partial charge on any atom is -0.366 e. The Morgan fingerprint density at radius 3 is 1.85 bits per heavy atom. The van der Waals surface area contributed by atoms with Gasteiger partial charge in [-0.3, -0.25) is 0 Å². The van der Waals surface area contributed by atoms with Gasteiger partial charge in [-0.2, -0.15) is 0 Å². The minimum atomic E-state index is -1.56. The lowest BCUT2D eigenvalue weighted by Gasteiger charge is -2.15. The fraction of sp³-hybridized carbons (Fsp3) is 0.667. The maximum atomic E-state index is 9.29. The predicted octanol–water partition coefficient (Wildman–Crippen LogP) is 4.22. The molecule has 1 rings (SSSR count). The lowest BCUT2D eigenvalue weighted by molar-refractivity contribution is -0.148. The van der Waals surface area contributed by atoms with Crippen molar-refractivity contribution in [2.24, 2.45) is 0 Å². The van der Waals surface area contributed by atoms with Crippen LogP contribution in [-0.4, -0.2) is 16.0 Å². The summed E-state index contributed by atoms with van der Waals surface area (Å²) in [6.45, 7) is 3.68. The Labute approximate surface area is 123 Å². The maximum absolute atomic E-state index is 9.29. The molecule has 0 saturated carbocycles. The van der Waals surface area contributed by atoms with Crippen LogP contribution in [0.2, 0.25) is 0 Å². The van der Waals surface area contributed by atoms with E-state index in [1.165, 1.54) is 56.6 Å². The smallest absolute Gasteiger partial charge is 0.159 e. The summed E-state index contributed by atoms with van der Waals surface area (Å²) >= 11 is 0. The van der Waals surface area contributed by atoms with Gasteiger partial charge < -0.3 is 10.2 Å². The molecule has 0 radical (unpaired) electrons. The summed E-state index contributed by atoms with van der Waals surface area (Å²) in [7, 11) is 0. The van der Waals surface area contributed by atoms with Gasteiger partial charge in [0.15, 0.2) is 5.79 Å². The second-order valence-electron chi connectivity index (χ2n) is 6.05. The van der Waals surface area contributed by atoms with Crippen LogP contribution in [0, 0.1) is 0 Å². The number of unbranched alkanes of at least 4 members (excludes halogenated alkanes) is 5. The zero-order valence-corrected chi connectivity index (χ0v) is 13.1. The van der Waals surface area contributed by atoms with E-state index in [4.69, 9.17) is 0 Å². The first-order chi connectivity index (χ1) is 9.51. The van der Waals surface area contributed by atoms with E-state index in [1.54, 1.807) is 0 Å². The quantitative estimate of drug-likeness (QED) is 0.497. The highest BCUT2D eigenvalue weighted by Gasteiger charge is 2.14. The van der Waals surface area contributed by atoms with E-state index in [0.717, 1.165) is 6.42 Å². The largest absolute Gasteiger partial charge is 0.366 e. The lowest BCUT2D eigenvalue weighted by atomic mass is 10.0. The lowest BCUT2D eigenvalue weighted by Crippen LogP contribution is -2.23. The van der Waals surface area contributed by atoms with Gasteiger partial charge >= 0.3 is 0 Å². The first kappa shape index (κ1) is 17.2. The van der Waals surface area contributed by atoms with E-state index in [9.17, 15) is 10.2 Å². The zero-order chi connectivity index (χ0) is 14.8. The highest BCUT2D eigenvalue weighted by molar-refractivity contribution is 5.22. The molecule has 2 N–H and O–H groups in total. The summed E-state index contributed by atoms with van der Waals surface area (Å²) in [5.41, 5.74) is 2.56. The van der Waals surface area contributed by atoms with E-state index in [1.807, 2.05) is 0 Å². The first-order valence-corrected chi connectivity index (χ1v) is 8.04. The van der Waals surface area contributed by atoms with Crippen LogP contribution >= 0.6 is 0 Å². The third kappa shape index (κ3) is 8.34. The number of rotatable bonds is 10. The molecule has 1 aromatic rings. The minimum absolute atomic E-state index is 0.379. The van der Waals surface area contributed by atoms with E-state index in [-0.39, 0.29) is 0 Å². The SMILES string of the molecule is CCCCCCCCc1ccc(CCC(C)(O)O)cc1. The molecule has 0 saturated heterocycles. The van der Waals surface area contributed by atoms with Gasteiger partial charge in [0.1, 0.15) is 0 Å². The van der Waals surface area contributed by atoms with Gasteiger partial charge in [-0.15, -0.1) is 0 Å². The summed E-state index contributed by atoms with van der Waals surface area (Å²) in [5, 5.41) is 18.6. The van der Waals surface area contributed by atoms with Gasteiger partial charge in [0.2, 0.25) is 0 Å². The Hall–Kier alpha value is -0.860. The molecule has 2 heteroatoms. The van der Waals surface area contributed by atoms with Crippen LogP contribution in [0.25, 0.3) is 0 Å². The average Bonchev–Trinajstić information content (AvgIpc) is 2.41.